The maximum atomic E-state index is 14.0. The van der Waals surface area contributed by atoms with Crippen LogP contribution in [-0.2, 0) is 18.4 Å². The summed E-state index contributed by atoms with van der Waals surface area (Å²) in [5.41, 5.74) is 5.68. The summed E-state index contributed by atoms with van der Waals surface area (Å²) >= 11 is 1.42. The number of fused-ring (bicyclic) bond motifs is 1. The molecule has 31 heavy (non-hydrogen) atoms. The molecule has 0 fully saturated rings. The summed E-state index contributed by atoms with van der Waals surface area (Å²) in [5.74, 6) is 0.0170. The number of benzene rings is 2. The smallest absolute Gasteiger partial charge is 0.273 e. The first-order valence-corrected chi connectivity index (χ1v) is 10.4. The Morgan fingerprint density at radius 3 is 2.90 bits per heavy atom. The average molecular weight is 432 g/mol. The number of nitrogens with one attached hydrogen (secondary N) is 1. The van der Waals surface area contributed by atoms with E-state index in [1.165, 1.54) is 17.4 Å². The number of hydrogen-bond donors (Lipinski definition) is 1. The van der Waals surface area contributed by atoms with Gasteiger partial charge in [-0.25, -0.2) is 14.8 Å². The van der Waals surface area contributed by atoms with E-state index in [-0.39, 0.29) is 18.3 Å². The van der Waals surface area contributed by atoms with E-state index in [0.29, 0.717) is 27.6 Å². The number of amides is 1. The zero-order valence-electron chi connectivity index (χ0n) is 16.5. The summed E-state index contributed by atoms with van der Waals surface area (Å²) in [4.78, 5) is 16.7. The van der Waals surface area contributed by atoms with Gasteiger partial charge in [0.2, 0.25) is 0 Å². The summed E-state index contributed by atoms with van der Waals surface area (Å²) in [6.07, 6.45) is 5.40. The Labute approximate surface area is 181 Å². The van der Waals surface area contributed by atoms with Gasteiger partial charge in [0, 0.05) is 41.3 Å². The number of aromatic nitrogens is 2. The third-order valence-electron chi connectivity index (χ3n) is 5.05. The molecule has 1 aliphatic rings. The van der Waals surface area contributed by atoms with Crippen molar-refractivity contribution >= 4 is 39.9 Å². The SMILES string of the molecule is Cn1cc(/C=C2\C(=O)NN=C2c2nccs2)c2c(OCc3ccccc3F)cccc21. The van der Waals surface area contributed by atoms with Crippen LogP contribution < -0.4 is 10.2 Å². The van der Waals surface area contributed by atoms with Crippen LogP contribution in [0.5, 0.6) is 5.75 Å². The molecule has 4 aromatic rings. The Morgan fingerprint density at radius 2 is 2.10 bits per heavy atom. The summed E-state index contributed by atoms with van der Waals surface area (Å²) in [7, 11) is 1.93. The van der Waals surface area contributed by atoms with E-state index in [9.17, 15) is 9.18 Å². The second-order valence-corrected chi connectivity index (χ2v) is 7.92. The van der Waals surface area contributed by atoms with Crippen LogP contribution in [0, 0.1) is 5.82 Å². The van der Waals surface area contributed by atoms with Crippen molar-refractivity contribution in [3.63, 3.8) is 0 Å². The van der Waals surface area contributed by atoms with Crippen molar-refractivity contribution in [2.45, 2.75) is 6.61 Å². The Morgan fingerprint density at radius 1 is 1.23 bits per heavy atom. The van der Waals surface area contributed by atoms with E-state index in [4.69, 9.17) is 4.74 Å². The molecule has 3 heterocycles. The van der Waals surface area contributed by atoms with Gasteiger partial charge < -0.3 is 9.30 Å². The number of halogens is 1. The standard InChI is InChI=1S/C23H17FN4O2S/c1-28-12-15(11-16-21(26-27-22(16)29)23-25-9-10-31-23)20-18(28)7-4-8-19(20)30-13-14-5-2-3-6-17(14)24/h2-12H,13H2,1H3,(H,27,29)/b16-11-. The Hall–Kier alpha value is -3.78. The maximum absolute atomic E-state index is 14.0. The lowest BCUT2D eigenvalue weighted by Gasteiger charge is -2.09. The number of carbonyl (C=O) groups excluding carboxylic acids is 1. The molecular formula is C23H17FN4O2S. The molecule has 2 aromatic carbocycles. The maximum Gasteiger partial charge on any atom is 0.273 e. The van der Waals surface area contributed by atoms with Gasteiger partial charge in [-0.2, -0.15) is 5.10 Å². The molecule has 0 aliphatic carbocycles. The molecule has 0 atom stereocenters. The van der Waals surface area contributed by atoms with Crippen LogP contribution in [0.25, 0.3) is 17.0 Å². The molecule has 1 amide bonds. The van der Waals surface area contributed by atoms with Gasteiger partial charge in [-0.1, -0.05) is 24.3 Å². The van der Waals surface area contributed by atoms with Gasteiger partial charge in [0.1, 0.15) is 28.9 Å². The Bertz CT molecular complexity index is 1360. The average Bonchev–Trinajstić information content (AvgIpc) is 3.49. The molecule has 6 nitrogen and oxygen atoms in total. The molecule has 0 spiro atoms. The monoisotopic (exact) mass is 432 g/mol. The van der Waals surface area contributed by atoms with Crippen LogP contribution in [0.1, 0.15) is 16.1 Å². The highest BCUT2D eigenvalue weighted by atomic mass is 32.1. The molecule has 0 radical (unpaired) electrons. The van der Waals surface area contributed by atoms with E-state index in [1.54, 1.807) is 30.5 Å². The van der Waals surface area contributed by atoms with E-state index >= 15 is 0 Å². The Kier molecular flexibility index (Phi) is 4.83. The van der Waals surface area contributed by atoms with Crippen molar-refractivity contribution in [2.24, 2.45) is 12.1 Å². The van der Waals surface area contributed by atoms with Gasteiger partial charge >= 0.3 is 0 Å². The van der Waals surface area contributed by atoms with E-state index in [1.807, 2.05) is 41.4 Å². The first kappa shape index (κ1) is 19.2. The normalized spacial score (nSPS) is 14.8. The molecule has 5 rings (SSSR count). The molecule has 1 aliphatic heterocycles. The minimum atomic E-state index is -0.308. The lowest BCUT2D eigenvalue weighted by molar-refractivity contribution is -0.116. The van der Waals surface area contributed by atoms with Crippen molar-refractivity contribution in [2.75, 3.05) is 0 Å². The first-order valence-electron chi connectivity index (χ1n) is 9.56. The van der Waals surface area contributed by atoms with Crippen LogP contribution >= 0.6 is 11.3 Å². The van der Waals surface area contributed by atoms with Crippen LogP contribution in [-0.4, -0.2) is 21.2 Å². The molecule has 0 unspecified atom stereocenters. The number of ether oxygens (including phenoxy) is 1. The van der Waals surface area contributed by atoms with Gasteiger partial charge in [-0.15, -0.1) is 11.3 Å². The summed E-state index contributed by atoms with van der Waals surface area (Å²) in [5, 5.41) is 7.49. The van der Waals surface area contributed by atoms with Crippen LogP contribution in [0.4, 0.5) is 4.39 Å². The summed E-state index contributed by atoms with van der Waals surface area (Å²) in [6.45, 7) is 0.100. The van der Waals surface area contributed by atoms with Gasteiger partial charge in [0.05, 0.1) is 11.1 Å². The fourth-order valence-electron chi connectivity index (χ4n) is 3.57. The summed E-state index contributed by atoms with van der Waals surface area (Å²) in [6, 6.07) is 12.2. The number of hydrazone groups is 1. The first-order chi connectivity index (χ1) is 15.1. The highest BCUT2D eigenvalue weighted by molar-refractivity contribution is 7.12. The number of carbonyl (C=O) groups is 1. The lowest BCUT2D eigenvalue weighted by atomic mass is 10.1. The molecule has 0 saturated heterocycles. The predicted molar refractivity (Wildman–Crippen MR) is 118 cm³/mol. The number of aryl methyl sites for hydroxylation is 1. The topological polar surface area (TPSA) is 68.5 Å². The van der Waals surface area contributed by atoms with Crippen molar-refractivity contribution in [1.29, 1.82) is 0 Å². The molecule has 0 bridgehead atoms. The van der Waals surface area contributed by atoms with E-state index in [0.717, 1.165) is 16.5 Å². The van der Waals surface area contributed by atoms with Crippen molar-refractivity contribution in [3.8, 4) is 5.75 Å². The number of thiazole rings is 1. The van der Waals surface area contributed by atoms with E-state index < -0.39 is 0 Å². The largest absolute Gasteiger partial charge is 0.488 e. The fourth-order valence-corrected chi connectivity index (χ4v) is 4.21. The molecular weight excluding hydrogens is 415 g/mol. The van der Waals surface area contributed by atoms with Gasteiger partial charge in [0.15, 0.2) is 0 Å². The zero-order valence-corrected chi connectivity index (χ0v) is 17.3. The minimum absolute atomic E-state index is 0.100. The van der Waals surface area contributed by atoms with Crippen LogP contribution in [0.15, 0.2) is 70.9 Å². The molecule has 1 N–H and O–H groups in total. The molecule has 154 valence electrons. The van der Waals surface area contributed by atoms with E-state index in [2.05, 4.69) is 15.5 Å². The predicted octanol–water partition coefficient (Wildman–Crippen LogP) is 4.27. The van der Waals surface area contributed by atoms with Gasteiger partial charge in [-0.3, -0.25) is 4.79 Å². The number of nitrogens with zero attached hydrogens (tertiary/aromatic N) is 3. The second-order valence-electron chi connectivity index (χ2n) is 7.02. The second kappa shape index (κ2) is 7.81. The summed E-state index contributed by atoms with van der Waals surface area (Å²) < 4.78 is 22.0. The molecule has 8 heteroatoms. The lowest BCUT2D eigenvalue weighted by Crippen LogP contribution is -2.13. The third kappa shape index (κ3) is 3.51. The molecule has 2 aromatic heterocycles. The van der Waals surface area contributed by atoms with Crippen molar-refractivity contribution < 1.29 is 13.9 Å². The van der Waals surface area contributed by atoms with Crippen molar-refractivity contribution in [3.05, 3.63) is 87.8 Å². The van der Waals surface area contributed by atoms with Gasteiger partial charge in [-0.05, 0) is 24.3 Å². The zero-order chi connectivity index (χ0) is 21.4. The Balaban J connectivity index is 1.57. The van der Waals surface area contributed by atoms with Gasteiger partial charge in [0.25, 0.3) is 5.91 Å². The quantitative estimate of drug-likeness (QED) is 0.479. The highest BCUT2D eigenvalue weighted by Crippen LogP contribution is 2.33. The third-order valence-corrected chi connectivity index (χ3v) is 5.83. The minimum Gasteiger partial charge on any atom is -0.488 e. The van der Waals surface area contributed by atoms with Crippen LogP contribution in [0.3, 0.4) is 0 Å². The number of hydrogen-bond acceptors (Lipinski definition) is 5. The molecule has 0 saturated carbocycles. The fraction of sp³-hybridized carbons (Fsp3) is 0.0870. The van der Waals surface area contributed by atoms with Crippen molar-refractivity contribution in [1.82, 2.24) is 15.0 Å². The van der Waals surface area contributed by atoms with Crippen LogP contribution in [0.2, 0.25) is 0 Å². The number of rotatable bonds is 5. The highest BCUT2D eigenvalue weighted by Gasteiger charge is 2.26.